The van der Waals surface area contributed by atoms with Gasteiger partial charge in [0.1, 0.15) is 0 Å². The Hall–Kier alpha value is -0.0800. The van der Waals surface area contributed by atoms with Crippen LogP contribution in [0.25, 0.3) is 0 Å². The highest BCUT2D eigenvalue weighted by molar-refractivity contribution is 4.87. The standard InChI is InChI=1S/C23H46N2/c1-18-12-20(16-22(3,4)14-18)24-10-8-7-9-11-25-21-13-19(2)15-23(5,6)17-21/h18-21,24-25H,7-17H2,1-6H3. The van der Waals surface area contributed by atoms with Gasteiger partial charge in [-0.1, -0.05) is 48.0 Å². The molecule has 0 aromatic heterocycles. The van der Waals surface area contributed by atoms with E-state index in [4.69, 9.17) is 0 Å². The van der Waals surface area contributed by atoms with Crippen LogP contribution < -0.4 is 10.6 Å². The van der Waals surface area contributed by atoms with Crippen LogP contribution in [0.5, 0.6) is 0 Å². The molecule has 4 atom stereocenters. The predicted molar refractivity (Wildman–Crippen MR) is 111 cm³/mol. The van der Waals surface area contributed by atoms with E-state index in [1.165, 1.54) is 70.9 Å². The fourth-order valence-electron chi connectivity index (χ4n) is 6.04. The number of unbranched alkanes of at least 4 members (excludes halogenated alkanes) is 2. The summed E-state index contributed by atoms with van der Waals surface area (Å²) < 4.78 is 0. The van der Waals surface area contributed by atoms with Gasteiger partial charge in [-0.25, -0.2) is 0 Å². The summed E-state index contributed by atoms with van der Waals surface area (Å²) in [7, 11) is 0. The maximum atomic E-state index is 3.84. The maximum Gasteiger partial charge on any atom is 0.00746 e. The molecular weight excluding hydrogens is 304 g/mol. The molecule has 25 heavy (non-hydrogen) atoms. The second-order valence-corrected chi connectivity index (χ2v) is 11.2. The van der Waals surface area contributed by atoms with Crippen LogP contribution in [-0.4, -0.2) is 25.2 Å². The molecule has 2 fully saturated rings. The van der Waals surface area contributed by atoms with Gasteiger partial charge < -0.3 is 10.6 Å². The SMILES string of the molecule is CC1CC(NCCCCCNC2CC(C)CC(C)(C)C2)CC(C)(C)C1. The summed E-state index contributed by atoms with van der Waals surface area (Å²) >= 11 is 0. The summed E-state index contributed by atoms with van der Waals surface area (Å²) in [6.45, 7) is 17.0. The third-order valence-electron chi connectivity index (χ3n) is 6.49. The van der Waals surface area contributed by atoms with Gasteiger partial charge in [-0.2, -0.15) is 0 Å². The summed E-state index contributed by atoms with van der Waals surface area (Å²) in [5, 5.41) is 7.69. The summed E-state index contributed by atoms with van der Waals surface area (Å²) in [6.07, 6.45) is 12.3. The maximum absolute atomic E-state index is 3.84. The van der Waals surface area contributed by atoms with E-state index in [1.807, 2.05) is 0 Å². The van der Waals surface area contributed by atoms with Gasteiger partial charge in [0.25, 0.3) is 0 Å². The van der Waals surface area contributed by atoms with Crippen LogP contribution in [0.3, 0.4) is 0 Å². The van der Waals surface area contributed by atoms with E-state index in [1.54, 1.807) is 0 Å². The first-order chi connectivity index (χ1) is 11.7. The first-order valence-electron chi connectivity index (χ1n) is 11.1. The lowest BCUT2D eigenvalue weighted by Crippen LogP contribution is -2.41. The molecule has 2 aliphatic carbocycles. The van der Waals surface area contributed by atoms with Crippen LogP contribution in [0.1, 0.15) is 99.3 Å². The molecule has 0 aliphatic heterocycles. The molecule has 2 rings (SSSR count). The Labute approximate surface area is 158 Å². The topological polar surface area (TPSA) is 24.1 Å². The third-order valence-corrected chi connectivity index (χ3v) is 6.49. The van der Waals surface area contributed by atoms with Crippen molar-refractivity contribution in [2.75, 3.05) is 13.1 Å². The molecule has 0 aromatic rings. The zero-order valence-electron chi connectivity index (χ0n) is 18.1. The highest BCUT2D eigenvalue weighted by Gasteiger charge is 2.32. The molecule has 0 amide bonds. The number of rotatable bonds is 8. The quantitative estimate of drug-likeness (QED) is 0.543. The highest BCUT2D eigenvalue weighted by Crippen LogP contribution is 2.39. The van der Waals surface area contributed by atoms with Crippen LogP contribution in [0, 0.1) is 22.7 Å². The predicted octanol–water partition coefficient (Wildman–Crippen LogP) is 5.77. The molecule has 0 bridgehead atoms. The van der Waals surface area contributed by atoms with Crippen LogP contribution in [-0.2, 0) is 0 Å². The van der Waals surface area contributed by atoms with Crippen LogP contribution in [0.2, 0.25) is 0 Å². The van der Waals surface area contributed by atoms with Crippen molar-refractivity contribution in [3.05, 3.63) is 0 Å². The van der Waals surface area contributed by atoms with Gasteiger partial charge in [-0.05, 0) is 87.1 Å². The van der Waals surface area contributed by atoms with Crippen molar-refractivity contribution in [3.63, 3.8) is 0 Å². The summed E-state index contributed by atoms with van der Waals surface area (Å²) in [5.74, 6) is 1.76. The number of hydrogen-bond acceptors (Lipinski definition) is 2. The second kappa shape index (κ2) is 9.22. The lowest BCUT2D eigenvalue weighted by atomic mass is 9.70. The molecule has 2 aliphatic rings. The van der Waals surface area contributed by atoms with Gasteiger partial charge in [0, 0.05) is 12.1 Å². The molecule has 0 radical (unpaired) electrons. The van der Waals surface area contributed by atoms with Gasteiger partial charge in [0.2, 0.25) is 0 Å². The minimum Gasteiger partial charge on any atom is -0.314 e. The van der Waals surface area contributed by atoms with E-state index >= 15 is 0 Å². The normalized spacial score (nSPS) is 34.8. The second-order valence-electron chi connectivity index (χ2n) is 11.2. The van der Waals surface area contributed by atoms with Crippen LogP contribution in [0.4, 0.5) is 0 Å². The van der Waals surface area contributed by atoms with Crippen molar-refractivity contribution in [2.45, 2.75) is 111 Å². The highest BCUT2D eigenvalue weighted by atomic mass is 14.9. The van der Waals surface area contributed by atoms with E-state index in [-0.39, 0.29) is 0 Å². The van der Waals surface area contributed by atoms with E-state index in [0.29, 0.717) is 10.8 Å². The molecule has 2 heteroatoms. The lowest BCUT2D eigenvalue weighted by Gasteiger charge is -2.39. The minimum absolute atomic E-state index is 0.532. The van der Waals surface area contributed by atoms with E-state index < -0.39 is 0 Å². The van der Waals surface area contributed by atoms with E-state index in [0.717, 1.165) is 23.9 Å². The first-order valence-corrected chi connectivity index (χ1v) is 11.1. The number of hydrogen-bond donors (Lipinski definition) is 2. The molecule has 4 unspecified atom stereocenters. The summed E-state index contributed by atoms with van der Waals surface area (Å²) in [5.41, 5.74) is 1.06. The third kappa shape index (κ3) is 7.99. The molecule has 2 N–H and O–H groups in total. The summed E-state index contributed by atoms with van der Waals surface area (Å²) in [4.78, 5) is 0. The van der Waals surface area contributed by atoms with Crippen molar-refractivity contribution < 1.29 is 0 Å². The Morgan fingerprint density at radius 2 is 1.04 bits per heavy atom. The molecule has 0 spiro atoms. The zero-order valence-corrected chi connectivity index (χ0v) is 18.1. The molecular formula is C23H46N2. The van der Waals surface area contributed by atoms with Crippen LogP contribution >= 0.6 is 0 Å². The molecule has 0 aromatic carbocycles. The largest absolute Gasteiger partial charge is 0.314 e. The van der Waals surface area contributed by atoms with Gasteiger partial charge in [0.05, 0.1) is 0 Å². The molecule has 2 nitrogen and oxygen atoms in total. The Morgan fingerprint density at radius 3 is 1.40 bits per heavy atom. The Kier molecular flexibility index (Phi) is 7.83. The zero-order chi connectivity index (χ0) is 18.5. The fourth-order valence-corrected chi connectivity index (χ4v) is 6.04. The van der Waals surface area contributed by atoms with Crippen LogP contribution in [0.15, 0.2) is 0 Å². The smallest absolute Gasteiger partial charge is 0.00746 e. The fraction of sp³-hybridized carbons (Fsp3) is 1.00. The van der Waals surface area contributed by atoms with Gasteiger partial charge >= 0.3 is 0 Å². The monoisotopic (exact) mass is 350 g/mol. The van der Waals surface area contributed by atoms with Gasteiger partial charge in [0.15, 0.2) is 0 Å². The minimum atomic E-state index is 0.532. The Bertz CT molecular complexity index is 352. The average molecular weight is 351 g/mol. The van der Waals surface area contributed by atoms with Gasteiger partial charge in [-0.3, -0.25) is 0 Å². The first kappa shape index (κ1) is 21.2. The molecule has 0 heterocycles. The Morgan fingerprint density at radius 1 is 0.640 bits per heavy atom. The van der Waals surface area contributed by atoms with E-state index in [9.17, 15) is 0 Å². The average Bonchev–Trinajstić information content (AvgIpc) is 2.41. The lowest BCUT2D eigenvalue weighted by molar-refractivity contribution is 0.150. The number of nitrogens with one attached hydrogen (secondary N) is 2. The van der Waals surface area contributed by atoms with Crippen molar-refractivity contribution in [1.82, 2.24) is 10.6 Å². The Balaban J connectivity index is 1.51. The van der Waals surface area contributed by atoms with Gasteiger partial charge in [-0.15, -0.1) is 0 Å². The molecule has 148 valence electrons. The van der Waals surface area contributed by atoms with Crippen molar-refractivity contribution in [3.8, 4) is 0 Å². The molecule has 0 saturated heterocycles. The van der Waals surface area contributed by atoms with Crippen molar-refractivity contribution in [1.29, 1.82) is 0 Å². The summed E-state index contributed by atoms with van der Waals surface area (Å²) in [6, 6.07) is 1.51. The van der Waals surface area contributed by atoms with Crippen molar-refractivity contribution in [2.24, 2.45) is 22.7 Å². The molecule has 2 saturated carbocycles. The van der Waals surface area contributed by atoms with E-state index in [2.05, 4.69) is 52.2 Å². The van der Waals surface area contributed by atoms with Crippen molar-refractivity contribution >= 4 is 0 Å².